The molecule has 0 aromatic carbocycles. The van der Waals surface area contributed by atoms with Gasteiger partial charge in [-0.05, 0) is 20.8 Å². The Balaban J connectivity index is 2.25. The normalized spacial score (nSPS) is 11.6. The molecule has 0 saturated heterocycles. The summed E-state index contributed by atoms with van der Waals surface area (Å²) in [6, 6.07) is 0. The van der Waals surface area contributed by atoms with Crippen molar-refractivity contribution >= 4 is 44.4 Å². The first-order chi connectivity index (χ1) is 8.76. The minimum atomic E-state index is -0.656. The van der Waals surface area contributed by atoms with E-state index in [9.17, 15) is 9.18 Å². The Hall–Kier alpha value is -1.47. The number of hydrogen-bond donors (Lipinski definition) is 1. The Morgan fingerprint density at radius 3 is 2.79 bits per heavy atom. The molecular formula is C11H11ClFN3O2S. The molecule has 1 N–H and O–H groups in total. The van der Waals surface area contributed by atoms with Gasteiger partial charge in [0.15, 0.2) is 16.1 Å². The average Bonchev–Trinajstić information content (AvgIpc) is 2.65. The van der Waals surface area contributed by atoms with Gasteiger partial charge < -0.3 is 4.74 Å². The number of ether oxygens (including phenoxy) is 1. The van der Waals surface area contributed by atoms with Crippen LogP contribution in [-0.2, 0) is 4.74 Å². The van der Waals surface area contributed by atoms with Gasteiger partial charge in [0.2, 0.25) is 0 Å². The number of carbonyl (C=O) groups excluding carboxylic acids is 1. The van der Waals surface area contributed by atoms with Crippen LogP contribution >= 0.6 is 22.9 Å². The predicted molar refractivity (Wildman–Crippen MR) is 72.2 cm³/mol. The van der Waals surface area contributed by atoms with Crippen molar-refractivity contribution < 1.29 is 13.9 Å². The quantitative estimate of drug-likeness (QED) is 0.813. The second-order valence-electron chi connectivity index (χ2n) is 4.72. The molecule has 19 heavy (non-hydrogen) atoms. The van der Waals surface area contributed by atoms with Crippen molar-refractivity contribution in [1.82, 2.24) is 9.97 Å². The van der Waals surface area contributed by atoms with E-state index in [0.29, 0.717) is 0 Å². The number of halogens is 2. The summed E-state index contributed by atoms with van der Waals surface area (Å²) in [4.78, 5) is 19.2. The van der Waals surface area contributed by atoms with E-state index in [1.165, 1.54) is 0 Å². The van der Waals surface area contributed by atoms with E-state index in [2.05, 4.69) is 15.3 Å². The van der Waals surface area contributed by atoms with Gasteiger partial charge in [-0.25, -0.2) is 19.2 Å². The standard InChI is InChI=1S/C11H11ClFN3O2S/c1-11(2,3)18-10(17)16-9-15-6-7(19-9)5(13)4-14-8(6)12/h4H,1-3H3,(H,15,16,17). The van der Waals surface area contributed by atoms with Gasteiger partial charge >= 0.3 is 6.09 Å². The number of carbonyl (C=O) groups is 1. The van der Waals surface area contributed by atoms with Crippen LogP contribution in [0.25, 0.3) is 10.2 Å². The van der Waals surface area contributed by atoms with Gasteiger partial charge in [0.1, 0.15) is 11.1 Å². The summed E-state index contributed by atoms with van der Waals surface area (Å²) in [6.07, 6.45) is 0.358. The third kappa shape index (κ3) is 3.30. The van der Waals surface area contributed by atoms with Crippen LogP contribution in [0.3, 0.4) is 0 Å². The lowest BCUT2D eigenvalue weighted by Crippen LogP contribution is -2.27. The highest BCUT2D eigenvalue weighted by Crippen LogP contribution is 2.31. The summed E-state index contributed by atoms with van der Waals surface area (Å²) in [5.74, 6) is -0.533. The molecule has 1 amide bonds. The Kier molecular flexibility index (Phi) is 3.60. The van der Waals surface area contributed by atoms with E-state index in [4.69, 9.17) is 16.3 Å². The molecule has 0 aliphatic rings. The summed E-state index contributed by atoms with van der Waals surface area (Å²) in [7, 11) is 0. The van der Waals surface area contributed by atoms with Crippen molar-refractivity contribution in [2.24, 2.45) is 0 Å². The summed E-state index contributed by atoms with van der Waals surface area (Å²) in [5, 5.41) is 2.73. The second kappa shape index (κ2) is 4.90. The van der Waals surface area contributed by atoms with Crippen molar-refractivity contribution in [1.29, 1.82) is 0 Å². The Morgan fingerprint density at radius 2 is 2.21 bits per heavy atom. The molecule has 5 nitrogen and oxygen atoms in total. The zero-order valence-electron chi connectivity index (χ0n) is 10.5. The van der Waals surface area contributed by atoms with Gasteiger partial charge in [-0.3, -0.25) is 5.32 Å². The highest BCUT2D eigenvalue weighted by molar-refractivity contribution is 7.22. The predicted octanol–water partition coefficient (Wildman–Crippen LogP) is 3.83. The highest BCUT2D eigenvalue weighted by atomic mass is 35.5. The largest absolute Gasteiger partial charge is 0.444 e. The Bertz CT molecular complexity index is 600. The van der Waals surface area contributed by atoms with Gasteiger partial charge in [-0.1, -0.05) is 22.9 Å². The van der Waals surface area contributed by atoms with Crippen molar-refractivity contribution in [2.75, 3.05) is 5.32 Å². The molecule has 0 atom stereocenters. The molecule has 0 saturated carbocycles. The molecule has 102 valence electrons. The number of nitrogens with one attached hydrogen (secondary N) is 1. The van der Waals surface area contributed by atoms with E-state index in [1.54, 1.807) is 20.8 Å². The van der Waals surface area contributed by atoms with Crippen LogP contribution in [0.4, 0.5) is 14.3 Å². The number of nitrogens with zero attached hydrogens (tertiary/aromatic N) is 2. The van der Waals surface area contributed by atoms with Gasteiger partial charge in [0, 0.05) is 0 Å². The molecule has 0 fully saturated rings. The molecule has 8 heteroatoms. The first-order valence-electron chi connectivity index (χ1n) is 5.37. The molecule has 0 aliphatic carbocycles. The highest BCUT2D eigenvalue weighted by Gasteiger charge is 2.19. The minimum Gasteiger partial charge on any atom is -0.444 e. The zero-order valence-corrected chi connectivity index (χ0v) is 12.0. The van der Waals surface area contributed by atoms with Gasteiger partial charge in [0.05, 0.1) is 10.9 Å². The Morgan fingerprint density at radius 1 is 1.53 bits per heavy atom. The van der Waals surface area contributed by atoms with Crippen LogP contribution in [-0.4, -0.2) is 21.7 Å². The third-order valence-electron chi connectivity index (χ3n) is 1.94. The maximum atomic E-state index is 13.5. The number of amides is 1. The van der Waals surface area contributed by atoms with E-state index < -0.39 is 17.5 Å². The van der Waals surface area contributed by atoms with Crippen LogP contribution < -0.4 is 5.32 Å². The zero-order chi connectivity index (χ0) is 14.2. The van der Waals surface area contributed by atoms with Crippen LogP contribution in [0.5, 0.6) is 0 Å². The SMILES string of the molecule is CC(C)(C)OC(=O)Nc1nc2c(Cl)ncc(F)c2s1. The number of hydrogen-bond acceptors (Lipinski definition) is 5. The topological polar surface area (TPSA) is 64.1 Å². The molecule has 2 aromatic heterocycles. The average molecular weight is 304 g/mol. The molecule has 0 aliphatic heterocycles. The molecule has 2 aromatic rings. The lowest BCUT2D eigenvalue weighted by molar-refractivity contribution is 0.0636. The van der Waals surface area contributed by atoms with E-state index in [0.717, 1.165) is 17.5 Å². The van der Waals surface area contributed by atoms with Crippen molar-refractivity contribution in [3.63, 3.8) is 0 Å². The third-order valence-corrected chi connectivity index (χ3v) is 3.19. The van der Waals surface area contributed by atoms with E-state index >= 15 is 0 Å². The lowest BCUT2D eigenvalue weighted by Gasteiger charge is -2.18. The van der Waals surface area contributed by atoms with Crippen LogP contribution in [0, 0.1) is 5.82 Å². The van der Waals surface area contributed by atoms with Crippen LogP contribution in [0.15, 0.2) is 6.20 Å². The number of pyridine rings is 1. The maximum Gasteiger partial charge on any atom is 0.413 e. The van der Waals surface area contributed by atoms with Crippen molar-refractivity contribution in [3.05, 3.63) is 17.2 Å². The van der Waals surface area contributed by atoms with Crippen molar-refractivity contribution in [2.45, 2.75) is 26.4 Å². The summed E-state index contributed by atoms with van der Waals surface area (Å²) < 4.78 is 18.8. The number of rotatable bonds is 1. The molecule has 0 spiro atoms. The molecule has 0 unspecified atom stereocenters. The summed E-state index contributed by atoms with van der Waals surface area (Å²) >= 11 is 6.78. The van der Waals surface area contributed by atoms with Gasteiger partial charge in [-0.2, -0.15) is 0 Å². The van der Waals surface area contributed by atoms with Crippen LogP contribution in [0.2, 0.25) is 5.15 Å². The Labute approximate surface area is 117 Å². The number of anilines is 1. The summed E-state index contributed by atoms with van der Waals surface area (Å²) in [6.45, 7) is 5.22. The fourth-order valence-corrected chi connectivity index (χ4v) is 2.39. The number of fused-ring (bicyclic) bond motifs is 1. The molecular weight excluding hydrogens is 293 g/mol. The number of aromatic nitrogens is 2. The van der Waals surface area contributed by atoms with Gasteiger partial charge in [-0.15, -0.1) is 0 Å². The van der Waals surface area contributed by atoms with Gasteiger partial charge in [0.25, 0.3) is 0 Å². The first kappa shape index (κ1) is 14.0. The van der Waals surface area contributed by atoms with E-state index in [1.807, 2.05) is 0 Å². The summed E-state index contributed by atoms with van der Waals surface area (Å²) in [5.41, 5.74) is -0.400. The maximum absolute atomic E-state index is 13.5. The van der Waals surface area contributed by atoms with E-state index in [-0.39, 0.29) is 20.5 Å². The fourth-order valence-electron chi connectivity index (χ4n) is 1.30. The first-order valence-corrected chi connectivity index (χ1v) is 6.56. The monoisotopic (exact) mass is 303 g/mol. The number of thiazole rings is 1. The van der Waals surface area contributed by atoms with Crippen molar-refractivity contribution in [3.8, 4) is 0 Å². The van der Waals surface area contributed by atoms with Crippen LogP contribution in [0.1, 0.15) is 20.8 Å². The molecule has 2 rings (SSSR count). The molecule has 2 heterocycles. The minimum absolute atomic E-state index is 0.0879. The molecule has 0 bridgehead atoms. The lowest BCUT2D eigenvalue weighted by atomic mass is 10.2. The smallest absolute Gasteiger partial charge is 0.413 e. The fraction of sp³-hybridized carbons (Fsp3) is 0.364. The molecule has 0 radical (unpaired) electrons. The second-order valence-corrected chi connectivity index (χ2v) is 6.08.